The van der Waals surface area contributed by atoms with E-state index >= 15 is 0 Å². The van der Waals surface area contributed by atoms with Crippen LogP contribution in [0, 0.1) is 0 Å². The number of rotatable bonds is 6. The van der Waals surface area contributed by atoms with Gasteiger partial charge in [-0.3, -0.25) is 10.1 Å². The molecule has 1 fully saturated rings. The first kappa shape index (κ1) is 13.5. The molecular weight excluding hydrogens is 204 g/mol. The summed E-state index contributed by atoms with van der Waals surface area (Å²) in [5.74, 6) is 0.234. The number of carbonyl (C=O) groups is 1. The van der Waals surface area contributed by atoms with Crippen LogP contribution < -0.4 is 5.32 Å². The third-order valence-corrected chi connectivity index (χ3v) is 3.30. The summed E-state index contributed by atoms with van der Waals surface area (Å²) >= 11 is 0. The van der Waals surface area contributed by atoms with Crippen molar-refractivity contribution in [1.82, 2.24) is 10.2 Å². The fourth-order valence-corrected chi connectivity index (χ4v) is 2.35. The van der Waals surface area contributed by atoms with Crippen LogP contribution in [0.5, 0.6) is 0 Å². The zero-order valence-electron chi connectivity index (χ0n) is 10.8. The second kappa shape index (κ2) is 6.21. The molecule has 1 saturated heterocycles. The molecule has 16 heavy (non-hydrogen) atoms. The lowest BCUT2D eigenvalue weighted by molar-refractivity contribution is -0.133. The largest absolute Gasteiger partial charge is 0.383 e. The molecule has 1 N–H and O–H groups in total. The number of hydrogen-bond donors (Lipinski definition) is 1. The monoisotopic (exact) mass is 228 g/mol. The van der Waals surface area contributed by atoms with Gasteiger partial charge in [0.1, 0.15) is 0 Å². The molecule has 1 amide bonds. The van der Waals surface area contributed by atoms with Crippen LogP contribution in [0.25, 0.3) is 0 Å². The van der Waals surface area contributed by atoms with E-state index in [2.05, 4.69) is 19.2 Å². The lowest BCUT2D eigenvalue weighted by atomic mass is 10.1. The second-order valence-corrected chi connectivity index (χ2v) is 4.31. The maximum atomic E-state index is 12.2. The summed E-state index contributed by atoms with van der Waals surface area (Å²) in [7, 11) is 1.69. The van der Waals surface area contributed by atoms with Gasteiger partial charge in [0.05, 0.1) is 24.9 Å². The van der Waals surface area contributed by atoms with E-state index in [1.54, 1.807) is 7.11 Å². The first-order valence-electron chi connectivity index (χ1n) is 6.26. The summed E-state index contributed by atoms with van der Waals surface area (Å²) in [4.78, 5) is 14.2. The van der Waals surface area contributed by atoms with Gasteiger partial charge < -0.3 is 9.64 Å². The van der Waals surface area contributed by atoms with Crippen LogP contribution in [0.4, 0.5) is 0 Å². The van der Waals surface area contributed by atoms with Crippen LogP contribution in [0.1, 0.15) is 40.0 Å². The average Bonchev–Trinajstić information content (AvgIpc) is 2.62. The van der Waals surface area contributed by atoms with Gasteiger partial charge in [0.25, 0.3) is 0 Å². The fraction of sp³-hybridized carbons (Fsp3) is 0.917. The second-order valence-electron chi connectivity index (χ2n) is 4.31. The molecule has 0 aromatic carbocycles. The normalized spacial score (nSPS) is 27.5. The molecule has 0 radical (unpaired) electrons. The first-order valence-corrected chi connectivity index (χ1v) is 6.26. The van der Waals surface area contributed by atoms with E-state index in [1.807, 2.05) is 11.8 Å². The molecular formula is C12H24N2O2. The first-order chi connectivity index (χ1) is 7.69. The minimum Gasteiger partial charge on any atom is -0.383 e. The number of nitrogens with one attached hydrogen (secondary N) is 1. The average molecular weight is 228 g/mol. The Kier molecular flexibility index (Phi) is 5.22. The molecule has 0 aromatic heterocycles. The van der Waals surface area contributed by atoms with E-state index in [0.717, 1.165) is 19.3 Å². The quantitative estimate of drug-likeness (QED) is 0.746. The van der Waals surface area contributed by atoms with E-state index in [1.165, 1.54) is 0 Å². The zero-order valence-corrected chi connectivity index (χ0v) is 10.8. The van der Waals surface area contributed by atoms with Crippen molar-refractivity contribution in [2.45, 2.75) is 58.3 Å². The van der Waals surface area contributed by atoms with Gasteiger partial charge in [0, 0.05) is 7.11 Å². The van der Waals surface area contributed by atoms with E-state index in [-0.39, 0.29) is 24.2 Å². The number of carbonyl (C=O) groups excluding carboxylic acids is 1. The van der Waals surface area contributed by atoms with E-state index in [0.29, 0.717) is 6.61 Å². The summed E-state index contributed by atoms with van der Waals surface area (Å²) in [5.41, 5.74) is 0. The predicted molar refractivity (Wildman–Crippen MR) is 64.1 cm³/mol. The third-order valence-electron chi connectivity index (χ3n) is 3.30. The van der Waals surface area contributed by atoms with Gasteiger partial charge >= 0.3 is 0 Å². The summed E-state index contributed by atoms with van der Waals surface area (Å²) in [6, 6.07) is 0.197. The number of amides is 1. The smallest absolute Gasteiger partial charge is 0.241 e. The Morgan fingerprint density at radius 2 is 2.06 bits per heavy atom. The Morgan fingerprint density at radius 3 is 2.50 bits per heavy atom. The fourth-order valence-electron chi connectivity index (χ4n) is 2.35. The van der Waals surface area contributed by atoms with E-state index in [4.69, 9.17) is 4.74 Å². The van der Waals surface area contributed by atoms with Crippen LogP contribution in [-0.2, 0) is 9.53 Å². The van der Waals surface area contributed by atoms with Crippen LogP contribution in [0.3, 0.4) is 0 Å². The molecule has 3 unspecified atom stereocenters. The Morgan fingerprint density at radius 1 is 1.38 bits per heavy atom. The third kappa shape index (κ3) is 2.55. The maximum absolute atomic E-state index is 12.2. The topological polar surface area (TPSA) is 41.6 Å². The van der Waals surface area contributed by atoms with Crippen molar-refractivity contribution in [3.63, 3.8) is 0 Å². The molecule has 0 bridgehead atoms. The minimum absolute atomic E-state index is 0.00384. The van der Waals surface area contributed by atoms with Gasteiger partial charge in [-0.1, -0.05) is 20.8 Å². The molecule has 0 aliphatic carbocycles. The van der Waals surface area contributed by atoms with Crippen molar-refractivity contribution in [3.8, 4) is 0 Å². The van der Waals surface area contributed by atoms with Crippen LogP contribution in [0.15, 0.2) is 0 Å². The van der Waals surface area contributed by atoms with Gasteiger partial charge in [-0.05, 0) is 19.3 Å². The summed E-state index contributed by atoms with van der Waals surface area (Å²) in [6.45, 7) is 6.87. The molecule has 1 aliphatic rings. The lowest BCUT2D eigenvalue weighted by Crippen LogP contribution is -2.46. The van der Waals surface area contributed by atoms with Crippen molar-refractivity contribution in [2.24, 2.45) is 0 Å². The van der Waals surface area contributed by atoms with Crippen LogP contribution >= 0.6 is 0 Å². The Hall–Kier alpha value is -0.610. The maximum Gasteiger partial charge on any atom is 0.241 e. The van der Waals surface area contributed by atoms with Crippen LogP contribution in [-0.4, -0.2) is 42.8 Å². The molecule has 0 saturated carbocycles. The summed E-state index contributed by atoms with van der Waals surface area (Å²) < 4.78 is 5.20. The molecule has 1 heterocycles. The Balaban J connectivity index is 2.77. The number of ether oxygens (including phenoxy) is 1. The SMILES string of the molecule is CCC1NC(CC)N(C(CC)COC)C1=O. The number of methoxy groups -OCH3 is 1. The summed E-state index contributed by atoms with van der Waals surface area (Å²) in [6.07, 6.45) is 2.92. The Bertz CT molecular complexity index is 233. The van der Waals surface area contributed by atoms with Gasteiger partial charge in [-0.25, -0.2) is 0 Å². The highest BCUT2D eigenvalue weighted by Gasteiger charge is 2.39. The van der Waals surface area contributed by atoms with Gasteiger partial charge in [0.2, 0.25) is 5.91 Å². The highest BCUT2D eigenvalue weighted by molar-refractivity contribution is 5.84. The predicted octanol–water partition coefficient (Wildman–Crippen LogP) is 1.36. The van der Waals surface area contributed by atoms with E-state index < -0.39 is 0 Å². The van der Waals surface area contributed by atoms with Gasteiger partial charge in [-0.2, -0.15) is 0 Å². The Labute approximate surface area is 98.3 Å². The number of hydrogen-bond acceptors (Lipinski definition) is 3. The number of nitrogens with zero attached hydrogens (tertiary/aromatic N) is 1. The summed E-state index contributed by atoms with van der Waals surface area (Å²) in [5, 5.41) is 3.38. The highest BCUT2D eigenvalue weighted by atomic mass is 16.5. The van der Waals surface area contributed by atoms with Crippen LogP contribution in [0.2, 0.25) is 0 Å². The zero-order chi connectivity index (χ0) is 12.1. The van der Waals surface area contributed by atoms with Gasteiger partial charge in [0.15, 0.2) is 0 Å². The van der Waals surface area contributed by atoms with Gasteiger partial charge in [-0.15, -0.1) is 0 Å². The molecule has 3 atom stereocenters. The van der Waals surface area contributed by atoms with E-state index in [9.17, 15) is 4.79 Å². The van der Waals surface area contributed by atoms with Crippen molar-refractivity contribution >= 4 is 5.91 Å². The van der Waals surface area contributed by atoms with Crippen molar-refractivity contribution in [1.29, 1.82) is 0 Å². The molecule has 4 heteroatoms. The molecule has 4 nitrogen and oxygen atoms in total. The highest BCUT2D eigenvalue weighted by Crippen LogP contribution is 2.20. The van der Waals surface area contributed by atoms with Crippen molar-refractivity contribution < 1.29 is 9.53 Å². The minimum atomic E-state index is -0.00384. The van der Waals surface area contributed by atoms with Crippen molar-refractivity contribution in [3.05, 3.63) is 0 Å². The van der Waals surface area contributed by atoms with Crippen molar-refractivity contribution in [2.75, 3.05) is 13.7 Å². The standard InChI is InChI=1S/C12H24N2O2/c1-5-9(8-16-4)14-11(7-3)13-10(6-2)12(14)15/h9-11,13H,5-8H2,1-4H3. The molecule has 94 valence electrons. The molecule has 1 aliphatic heterocycles. The molecule has 0 aromatic rings. The molecule has 0 spiro atoms. The molecule has 1 rings (SSSR count). The lowest BCUT2D eigenvalue weighted by Gasteiger charge is -2.31.